The van der Waals surface area contributed by atoms with Crippen molar-refractivity contribution in [2.75, 3.05) is 24.7 Å². The molecule has 0 aliphatic heterocycles. The maximum absolute atomic E-state index is 12.4. The van der Waals surface area contributed by atoms with Crippen LogP contribution in [0.15, 0.2) is 24.3 Å². The molecule has 1 aromatic carbocycles. The lowest BCUT2D eigenvalue weighted by Crippen LogP contribution is -2.52. The summed E-state index contributed by atoms with van der Waals surface area (Å²) in [7, 11) is 3.93. The third-order valence-electron chi connectivity index (χ3n) is 4.09. The molecule has 0 fully saturated rings. The van der Waals surface area contributed by atoms with Gasteiger partial charge >= 0.3 is 5.97 Å². The van der Waals surface area contributed by atoms with Crippen LogP contribution in [0, 0.1) is 11.8 Å². The predicted octanol–water partition coefficient (Wildman–Crippen LogP) is 3.10. The van der Waals surface area contributed by atoms with Gasteiger partial charge in [0.2, 0.25) is 5.91 Å². The standard InChI is InChI=1S/C18H28N2O3S2/c1-12(2)15(10-24)16(21)19-18(3,17(22)23)25-11-13-6-8-14(9-7-13)20(4)5/h6-9,12,15,24H,10-11H2,1-5H3,(H,19,21)(H,22,23). The van der Waals surface area contributed by atoms with Crippen molar-refractivity contribution >= 4 is 42.0 Å². The van der Waals surface area contributed by atoms with E-state index in [1.807, 2.05) is 57.1 Å². The molecule has 0 saturated carbocycles. The largest absolute Gasteiger partial charge is 0.479 e. The van der Waals surface area contributed by atoms with Gasteiger partial charge in [-0.3, -0.25) is 4.79 Å². The number of carboxylic acid groups (broad SMARTS) is 1. The highest BCUT2D eigenvalue weighted by molar-refractivity contribution is 8.00. The molecule has 0 saturated heterocycles. The van der Waals surface area contributed by atoms with Crippen LogP contribution < -0.4 is 10.2 Å². The molecule has 0 aliphatic rings. The molecule has 0 aromatic heterocycles. The number of nitrogens with one attached hydrogen (secondary N) is 1. The van der Waals surface area contributed by atoms with Gasteiger partial charge in [0.15, 0.2) is 4.87 Å². The van der Waals surface area contributed by atoms with E-state index in [4.69, 9.17) is 0 Å². The number of nitrogens with zero attached hydrogens (tertiary/aromatic N) is 1. The highest BCUT2D eigenvalue weighted by Gasteiger charge is 2.37. The zero-order valence-corrected chi connectivity index (χ0v) is 17.2. The number of carbonyl (C=O) groups is 2. The number of hydrogen-bond acceptors (Lipinski definition) is 5. The van der Waals surface area contributed by atoms with E-state index >= 15 is 0 Å². The molecule has 2 unspecified atom stereocenters. The molecule has 2 atom stereocenters. The Labute approximate surface area is 160 Å². The molecule has 5 nitrogen and oxygen atoms in total. The average molecular weight is 385 g/mol. The summed E-state index contributed by atoms with van der Waals surface area (Å²) in [6.07, 6.45) is 0. The summed E-state index contributed by atoms with van der Waals surface area (Å²) in [5, 5.41) is 12.3. The van der Waals surface area contributed by atoms with E-state index in [9.17, 15) is 14.7 Å². The SMILES string of the molecule is CC(C)C(CS)C(=O)NC(C)(SCc1ccc(N(C)C)cc1)C(=O)O. The second-order valence-corrected chi connectivity index (χ2v) is 8.47. The number of carbonyl (C=O) groups excluding carboxylic acids is 1. The van der Waals surface area contributed by atoms with E-state index in [-0.39, 0.29) is 17.7 Å². The van der Waals surface area contributed by atoms with E-state index in [0.717, 1.165) is 11.3 Å². The Bertz CT molecular complexity index is 590. The number of anilines is 1. The number of thioether (sulfide) groups is 1. The lowest BCUT2D eigenvalue weighted by molar-refractivity contribution is -0.143. The molecule has 0 spiro atoms. The van der Waals surface area contributed by atoms with Crippen LogP contribution in [0.2, 0.25) is 0 Å². The van der Waals surface area contributed by atoms with Crippen LogP contribution in [0.5, 0.6) is 0 Å². The van der Waals surface area contributed by atoms with Crippen molar-refractivity contribution in [2.24, 2.45) is 11.8 Å². The number of aliphatic carboxylic acids is 1. The van der Waals surface area contributed by atoms with Crippen molar-refractivity contribution in [3.05, 3.63) is 29.8 Å². The highest BCUT2D eigenvalue weighted by atomic mass is 32.2. The van der Waals surface area contributed by atoms with Gasteiger partial charge in [0.05, 0.1) is 0 Å². The molecule has 1 amide bonds. The molecule has 2 N–H and O–H groups in total. The summed E-state index contributed by atoms with van der Waals surface area (Å²) in [5.41, 5.74) is 2.09. The summed E-state index contributed by atoms with van der Waals surface area (Å²) in [6, 6.07) is 7.92. The van der Waals surface area contributed by atoms with Crippen LogP contribution >= 0.6 is 24.4 Å². The number of amides is 1. The Balaban J connectivity index is 2.81. The van der Waals surface area contributed by atoms with Crippen LogP contribution in [0.1, 0.15) is 26.3 Å². The number of benzene rings is 1. The summed E-state index contributed by atoms with van der Waals surface area (Å²) >= 11 is 5.41. The third-order valence-corrected chi connectivity index (χ3v) is 5.81. The lowest BCUT2D eigenvalue weighted by atomic mass is 9.96. The summed E-state index contributed by atoms with van der Waals surface area (Å²) < 4.78 is 0. The molecule has 140 valence electrons. The van der Waals surface area contributed by atoms with Crippen molar-refractivity contribution < 1.29 is 14.7 Å². The summed E-state index contributed by atoms with van der Waals surface area (Å²) in [6.45, 7) is 5.39. The minimum Gasteiger partial charge on any atom is -0.479 e. The maximum atomic E-state index is 12.4. The van der Waals surface area contributed by atoms with Gasteiger partial charge in [-0.1, -0.05) is 26.0 Å². The summed E-state index contributed by atoms with van der Waals surface area (Å²) in [4.78, 5) is 24.8. The first-order valence-corrected chi connectivity index (χ1v) is 9.79. The Morgan fingerprint density at radius 1 is 1.28 bits per heavy atom. The van der Waals surface area contributed by atoms with Crippen molar-refractivity contribution in [1.82, 2.24) is 5.32 Å². The van der Waals surface area contributed by atoms with E-state index in [2.05, 4.69) is 17.9 Å². The fraction of sp³-hybridized carbons (Fsp3) is 0.556. The summed E-state index contributed by atoms with van der Waals surface area (Å²) in [5.74, 6) is -0.677. The van der Waals surface area contributed by atoms with Gasteiger partial charge in [0.25, 0.3) is 0 Å². The first-order chi connectivity index (χ1) is 11.6. The molecule has 0 aliphatic carbocycles. The molecule has 1 rings (SSSR count). The molecular weight excluding hydrogens is 356 g/mol. The molecular formula is C18H28N2O3S2. The Kier molecular flexibility index (Phi) is 8.15. The number of hydrogen-bond donors (Lipinski definition) is 3. The topological polar surface area (TPSA) is 69.6 Å². The Morgan fingerprint density at radius 2 is 1.84 bits per heavy atom. The zero-order chi connectivity index (χ0) is 19.2. The minimum atomic E-state index is -1.38. The van der Waals surface area contributed by atoms with Gasteiger partial charge in [0, 0.05) is 37.2 Å². The number of rotatable bonds is 9. The molecule has 25 heavy (non-hydrogen) atoms. The van der Waals surface area contributed by atoms with Crippen LogP contribution in [0.25, 0.3) is 0 Å². The van der Waals surface area contributed by atoms with Gasteiger partial charge in [-0.05, 0) is 30.5 Å². The van der Waals surface area contributed by atoms with Gasteiger partial charge < -0.3 is 15.3 Å². The third kappa shape index (κ3) is 6.15. The molecule has 0 heterocycles. The first kappa shape index (κ1) is 21.7. The smallest absolute Gasteiger partial charge is 0.339 e. The lowest BCUT2D eigenvalue weighted by Gasteiger charge is -2.29. The average Bonchev–Trinajstić information content (AvgIpc) is 2.53. The van der Waals surface area contributed by atoms with Gasteiger partial charge in [-0.25, -0.2) is 4.79 Å². The van der Waals surface area contributed by atoms with E-state index in [0.29, 0.717) is 11.5 Å². The predicted molar refractivity (Wildman–Crippen MR) is 108 cm³/mol. The monoisotopic (exact) mass is 384 g/mol. The van der Waals surface area contributed by atoms with Crippen LogP contribution in [-0.4, -0.2) is 41.7 Å². The van der Waals surface area contributed by atoms with Crippen molar-refractivity contribution in [3.63, 3.8) is 0 Å². The van der Waals surface area contributed by atoms with Gasteiger partial charge in [0.1, 0.15) is 0 Å². The minimum absolute atomic E-state index is 0.0964. The Hall–Kier alpha value is -1.34. The van der Waals surface area contributed by atoms with Gasteiger partial charge in [-0.2, -0.15) is 12.6 Å². The molecule has 1 aromatic rings. The Morgan fingerprint density at radius 3 is 2.24 bits per heavy atom. The second kappa shape index (κ2) is 9.38. The van der Waals surface area contributed by atoms with E-state index in [1.54, 1.807) is 0 Å². The van der Waals surface area contributed by atoms with Crippen LogP contribution in [0.4, 0.5) is 5.69 Å². The maximum Gasteiger partial charge on any atom is 0.339 e. The fourth-order valence-electron chi connectivity index (χ4n) is 2.19. The highest BCUT2D eigenvalue weighted by Crippen LogP contribution is 2.28. The number of thiol groups is 1. The quantitative estimate of drug-likeness (QED) is 0.451. The van der Waals surface area contributed by atoms with Crippen LogP contribution in [0.3, 0.4) is 0 Å². The second-order valence-electron chi connectivity index (χ2n) is 6.71. The van der Waals surface area contributed by atoms with E-state index in [1.165, 1.54) is 18.7 Å². The fourth-order valence-corrected chi connectivity index (χ4v) is 3.73. The van der Waals surface area contributed by atoms with Gasteiger partial charge in [-0.15, -0.1) is 11.8 Å². The van der Waals surface area contributed by atoms with E-state index < -0.39 is 10.8 Å². The van der Waals surface area contributed by atoms with Crippen molar-refractivity contribution in [1.29, 1.82) is 0 Å². The zero-order valence-electron chi connectivity index (χ0n) is 15.4. The van der Waals surface area contributed by atoms with Crippen LogP contribution in [-0.2, 0) is 15.3 Å². The van der Waals surface area contributed by atoms with Crippen molar-refractivity contribution in [3.8, 4) is 0 Å². The van der Waals surface area contributed by atoms with Crippen molar-refractivity contribution in [2.45, 2.75) is 31.4 Å². The molecule has 0 bridgehead atoms. The normalized spacial score (nSPS) is 14.7. The number of carboxylic acids is 1. The molecule has 7 heteroatoms. The molecule has 0 radical (unpaired) electrons. The first-order valence-electron chi connectivity index (χ1n) is 8.17.